The van der Waals surface area contributed by atoms with Gasteiger partial charge in [-0.05, 0) is 146 Å². The summed E-state index contributed by atoms with van der Waals surface area (Å²) in [4.78, 5) is 73.9. The van der Waals surface area contributed by atoms with Crippen LogP contribution in [0.25, 0.3) is 44.3 Å². The number of rotatable bonds is 12. The molecule has 6 aromatic rings. The van der Waals surface area contributed by atoms with Gasteiger partial charge in [0.25, 0.3) is 0 Å². The molecule has 364 valence electrons. The van der Waals surface area contributed by atoms with Crippen LogP contribution >= 0.6 is 0 Å². The van der Waals surface area contributed by atoms with E-state index >= 15 is 0 Å². The summed E-state index contributed by atoms with van der Waals surface area (Å²) in [7, 11) is 5.62. The maximum atomic E-state index is 14.1. The number of H-pyrrole nitrogens is 2. The van der Waals surface area contributed by atoms with Crippen LogP contribution in [0.15, 0.2) is 72.8 Å². The Morgan fingerprint density at radius 3 is 1.40 bits per heavy atom. The zero-order valence-corrected chi connectivity index (χ0v) is 40.4. The molecule has 16 heteroatoms. The molecule has 10 unspecified atom stereocenters. The summed E-state index contributed by atoms with van der Waals surface area (Å²) in [5, 5.41) is 5.41. The lowest BCUT2D eigenvalue weighted by atomic mass is 9.87. The number of carbonyl (C=O) groups is 4. The first kappa shape index (κ1) is 45.7. The van der Waals surface area contributed by atoms with Gasteiger partial charge in [-0.3, -0.25) is 9.59 Å². The molecule has 4 aromatic carbocycles. The molecule has 2 aliphatic heterocycles. The highest BCUT2D eigenvalue weighted by Crippen LogP contribution is 2.55. The molecule has 0 radical (unpaired) electrons. The summed E-state index contributed by atoms with van der Waals surface area (Å²) in [6.07, 6.45) is 4.45. The molecule has 4 fully saturated rings. The first-order valence-electron chi connectivity index (χ1n) is 24.6. The van der Waals surface area contributed by atoms with Crippen LogP contribution in [0, 0.1) is 11.8 Å². The van der Waals surface area contributed by atoms with Crippen molar-refractivity contribution in [3.63, 3.8) is 0 Å². The van der Waals surface area contributed by atoms with Gasteiger partial charge < -0.3 is 49.3 Å². The number of aromatic amines is 2. The van der Waals surface area contributed by atoms with Crippen LogP contribution in [0.1, 0.15) is 85.5 Å². The summed E-state index contributed by atoms with van der Waals surface area (Å²) in [5.41, 5.74) is 13.2. The lowest BCUT2D eigenvalue weighted by Crippen LogP contribution is -2.54. The molecule has 4 amide bonds. The van der Waals surface area contributed by atoms with E-state index in [4.69, 9.17) is 28.9 Å². The summed E-state index contributed by atoms with van der Waals surface area (Å²) in [6.45, 7) is 3.54. The van der Waals surface area contributed by atoms with E-state index in [-0.39, 0.29) is 36.0 Å². The fourth-order valence-electron chi connectivity index (χ4n) is 11.6. The predicted molar refractivity (Wildman–Crippen MR) is 262 cm³/mol. The Hall–Kier alpha value is -6.78. The number of methoxy groups -OCH3 is 4. The Labute approximate surface area is 406 Å². The molecule has 2 saturated heterocycles. The molecule has 2 aromatic heterocycles. The Morgan fingerprint density at radius 1 is 0.571 bits per heavy atom. The van der Waals surface area contributed by atoms with Crippen molar-refractivity contribution >= 4 is 46.1 Å². The molecule has 14 rings (SSSR count). The molecule has 2 saturated carbocycles. The van der Waals surface area contributed by atoms with Crippen molar-refractivity contribution in [2.24, 2.45) is 11.8 Å². The standard InChI is InChI=1S/C54H60N8O8/c1-27(67-3)47(59-53(65)69-5)51(63)61-43-23-35(43)25-45(61)49-55-39-17-15-33(21-41(39)57-49)37-19-29-7-11-31(37)13-9-30-8-12-32(14-10-29)38(20-30)34-16-18-40-42(22-34)58-50(56-40)46-26-36-24-44(36)62(46)52(64)48(28(2)68-4)60-54(66)70-6/h7-8,11-12,15-22,27-28,35-36,43-48H,9-10,13-14,23-26H2,1-6H3,(H,55,57)(H,56,58)(H,59,65)(H,60,66). The van der Waals surface area contributed by atoms with Gasteiger partial charge in [-0.15, -0.1) is 0 Å². The number of ether oxygens (including phenoxy) is 4. The molecule has 70 heavy (non-hydrogen) atoms. The first-order chi connectivity index (χ1) is 33.9. The molecule has 6 aliphatic carbocycles. The Bertz CT molecular complexity index is 2840. The number of amides is 4. The molecular weight excluding hydrogens is 889 g/mol. The first-order valence-corrected chi connectivity index (χ1v) is 24.6. The lowest BCUT2D eigenvalue weighted by Gasteiger charge is -2.32. The van der Waals surface area contributed by atoms with Crippen LogP contribution in [0.2, 0.25) is 0 Å². The molecule has 4 heterocycles. The topological polar surface area (TPSA) is 193 Å². The molecule has 0 spiro atoms. The van der Waals surface area contributed by atoms with Crippen LogP contribution < -0.4 is 10.6 Å². The number of hydrogen-bond donors (Lipinski definition) is 4. The number of piperidine rings is 2. The van der Waals surface area contributed by atoms with Crippen molar-refractivity contribution < 1.29 is 38.1 Å². The largest absolute Gasteiger partial charge is 0.453 e. The Morgan fingerprint density at radius 2 is 1.00 bits per heavy atom. The van der Waals surface area contributed by atoms with Crippen molar-refractivity contribution in [3.05, 3.63) is 107 Å². The van der Waals surface area contributed by atoms with Crippen LogP contribution in [0.4, 0.5) is 9.59 Å². The van der Waals surface area contributed by atoms with E-state index in [1.807, 2.05) is 9.80 Å². The van der Waals surface area contributed by atoms with Gasteiger partial charge in [-0.25, -0.2) is 19.6 Å². The summed E-state index contributed by atoms with van der Waals surface area (Å²) in [5.74, 6) is 1.90. The number of aromatic nitrogens is 4. The second-order valence-electron chi connectivity index (χ2n) is 19.9. The lowest BCUT2D eigenvalue weighted by molar-refractivity contribution is -0.139. The van der Waals surface area contributed by atoms with E-state index in [1.54, 1.807) is 13.8 Å². The van der Waals surface area contributed by atoms with Crippen molar-refractivity contribution in [1.29, 1.82) is 0 Å². The molecule has 4 N–H and O–H groups in total. The van der Waals surface area contributed by atoms with Crippen molar-refractivity contribution in [2.45, 2.75) is 114 Å². The van der Waals surface area contributed by atoms with E-state index in [0.29, 0.717) is 11.8 Å². The van der Waals surface area contributed by atoms with Crippen LogP contribution in [-0.2, 0) is 54.2 Å². The minimum atomic E-state index is -0.892. The number of alkyl carbamates (subject to hydrolysis) is 2. The fourth-order valence-corrected chi connectivity index (χ4v) is 11.6. The van der Waals surface area contributed by atoms with Crippen LogP contribution in [-0.4, -0.2) is 119 Å². The number of imidazole rings is 2. The van der Waals surface area contributed by atoms with E-state index in [0.717, 1.165) is 96.2 Å². The van der Waals surface area contributed by atoms with Gasteiger partial charge >= 0.3 is 12.2 Å². The third-order valence-corrected chi connectivity index (χ3v) is 15.8. The van der Waals surface area contributed by atoms with Crippen LogP contribution in [0.5, 0.6) is 0 Å². The number of benzene rings is 4. The maximum absolute atomic E-state index is 14.1. The third-order valence-electron chi connectivity index (χ3n) is 15.8. The maximum Gasteiger partial charge on any atom is 0.407 e. The normalized spacial score (nSPS) is 23.7. The molecule has 8 aliphatic rings. The minimum Gasteiger partial charge on any atom is -0.453 e. The molecule has 4 bridgehead atoms. The second-order valence-corrected chi connectivity index (χ2v) is 19.9. The zero-order valence-electron chi connectivity index (χ0n) is 40.4. The second kappa shape index (κ2) is 18.2. The number of aryl methyl sites for hydroxylation is 4. The number of carbonyl (C=O) groups excluding carboxylic acids is 4. The SMILES string of the molecule is COC(=O)NC(C(=O)N1C(c2nc3ccc(-c4cc5ccc4CCc4ccc(c(-c6ccc7nc(C8CC9CC9N8C(=O)C(NC(=O)OC)C(C)OC)[nH]c7c6)c4)CC5)cc3[nH]2)CC2CC21)C(C)OC. The highest BCUT2D eigenvalue weighted by Gasteiger charge is 2.58. The number of likely N-dealkylation sites (tertiary alicyclic amines) is 2. The monoisotopic (exact) mass is 948 g/mol. The smallest absolute Gasteiger partial charge is 0.407 e. The van der Waals surface area contributed by atoms with E-state index in [2.05, 4.69) is 93.4 Å². The molecule has 16 nitrogen and oxygen atoms in total. The Kier molecular flexibility index (Phi) is 11.9. The van der Waals surface area contributed by atoms with Gasteiger partial charge in [0.1, 0.15) is 23.7 Å². The summed E-state index contributed by atoms with van der Waals surface area (Å²) in [6, 6.07) is 24.6. The number of nitrogens with zero attached hydrogens (tertiary/aromatic N) is 4. The van der Waals surface area contributed by atoms with Gasteiger partial charge in [-0.1, -0.05) is 48.5 Å². The van der Waals surface area contributed by atoms with Gasteiger partial charge in [0, 0.05) is 26.3 Å². The predicted octanol–water partition coefficient (Wildman–Crippen LogP) is 7.50. The van der Waals surface area contributed by atoms with E-state index < -0.39 is 36.5 Å². The summed E-state index contributed by atoms with van der Waals surface area (Å²) >= 11 is 0. The van der Waals surface area contributed by atoms with E-state index in [9.17, 15) is 19.2 Å². The highest BCUT2D eigenvalue weighted by molar-refractivity contribution is 5.89. The average molecular weight is 949 g/mol. The number of hydrogen-bond acceptors (Lipinski definition) is 10. The van der Waals surface area contributed by atoms with Crippen molar-refractivity contribution in [1.82, 2.24) is 40.4 Å². The van der Waals surface area contributed by atoms with Crippen molar-refractivity contribution in [2.75, 3.05) is 28.4 Å². The Balaban J connectivity index is 0.830. The van der Waals surface area contributed by atoms with Gasteiger partial charge in [0.05, 0.1) is 60.6 Å². The number of nitrogens with one attached hydrogen (secondary N) is 4. The summed E-state index contributed by atoms with van der Waals surface area (Å²) < 4.78 is 20.7. The minimum absolute atomic E-state index is 0.105. The fraction of sp³-hybridized carbons (Fsp3) is 0.444. The molecular formula is C54H60N8O8. The van der Waals surface area contributed by atoms with Gasteiger partial charge in [0.2, 0.25) is 11.8 Å². The zero-order chi connectivity index (χ0) is 48.5. The third kappa shape index (κ3) is 8.33. The number of fused-ring (bicyclic) bond motifs is 4. The van der Waals surface area contributed by atoms with E-state index in [1.165, 1.54) is 61.8 Å². The van der Waals surface area contributed by atoms with Crippen LogP contribution in [0.3, 0.4) is 0 Å². The van der Waals surface area contributed by atoms with Gasteiger partial charge in [0.15, 0.2) is 0 Å². The highest BCUT2D eigenvalue weighted by atomic mass is 16.5. The average Bonchev–Trinajstić information content (AvgIpc) is 4.04. The quantitative estimate of drug-likeness (QED) is 0.0955. The van der Waals surface area contributed by atoms with Crippen molar-refractivity contribution in [3.8, 4) is 22.3 Å². The molecule has 10 atom stereocenters. The van der Waals surface area contributed by atoms with Gasteiger partial charge in [-0.2, -0.15) is 0 Å².